The highest BCUT2D eigenvalue weighted by Crippen LogP contribution is 2.34. The van der Waals surface area contributed by atoms with Gasteiger partial charge in [0.15, 0.2) is 0 Å². The lowest BCUT2D eigenvalue weighted by molar-refractivity contribution is -0.145. The predicted molar refractivity (Wildman–Crippen MR) is 159 cm³/mol. The first kappa shape index (κ1) is 32.2. The zero-order chi connectivity index (χ0) is 32.6. The minimum absolute atomic E-state index is 0.0308. The molecule has 2 aromatic heterocycles. The van der Waals surface area contributed by atoms with E-state index in [4.69, 9.17) is 16.6 Å². The summed E-state index contributed by atoms with van der Waals surface area (Å²) in [5, 5.41) is 13.1. The highest BCUT2D eigenvalue weighted by molar-refractivity contribution is 6.35. The van der Waals surface area contributed by atoms with Crippen molar-refractivity contribution in [1.29, 1.82) is 0 Å². The third kappa shape index (κ3) is 6.99. The van der Waals surface area contributed by atoms with Crippen molar-refractivity contribution in [2.45, 2.75) is 50.2 Å². The summed E-state index contributed by atoms with van der Waals surface area (Å²) in [6.45, 7) is 1.24. The fourth-order valence-corrected chi connectivity index (χ4v) is 6.30. The molecule has 0 bridgehead atoms. The molecule has 3 aliphatic rings. The first-order valence-corrected chi connectivity index (χ1v) is 15.2. The van der Waals surface area contributed by atoms with E-state index in [2.05, 4.69) is 36.0 Å². The van der Waals surface area contributed by atoms with Crippen LogP contribution < -0.4 is 21.1 Å². The van der Waals surface area contributed by atoms with E-state index in [-0.39, 0.29) is 41.7 Å². The number of aromatic nitrogens is 3. The minimum atomic E-state index is -4.74. The van der Waals surface area contributed by atoms with Gasteiger partial charge in [-0.3, -0.25) is 9.69 Å². The Morgan fingerprint density at radius 3 is 2.41 bits per heavy atom. The van der Waals surface area contributed by atoms with Gasteiger partial charge in [0.2, 0.25) is 12.2 Å². The molecule has 6 rings (SSSR count). The zero-order valence-corrected chi connectivity index (χ0v) is 25.1. The van der Waals surface area contributed by atoms with Crippen LogP contribution in [0.15, 0.2) is 41.7 Å². The van der Waals surface area contributed by atoms with Crippen molar-refractivity contribution in [3.8, 4) is 0 Å². The number of amides is 1. The summed E-state index contributed by atoms with van der Waals surface area (Å²) in [5.41, 5.74) is 6.53. The lowest BCUT2D eigenvalue weighted by Gasteiger charge is -2.37. The number of benzene rings is 1. The zero-order valence-electron chi connectivity index (χ0n) is 24.4. The van der Waals surface area contributed by atoms with Gasteiger partial charge >= 0.3 is 6.18 Å². The van der Waals surface area contributed by atoms with Crippen molar-refractivity contribution in [2.75, 3.05) is 37.6 Å². The summed E-state index contributed by atoms with van der Waals surface area (Å²) in [4.78, 5) is 33.2. The van der Waals surface area contributed by atoms with Crippen molar-refractivity contribution in [2.24, 2.45) is 10.9 Å². The van der Waals surface area contributed by atoms with Crippen LogP contribution in [0.4, 0.5) is 27.8 Å². The number of anilines is 1. The third-order valence-electron chi connectivity index (χ3n) is 8.57. The van der Waals surface area contributed by atoms with Crippen molar-refractivity contribution in [3.05, 3.63) is 58.6 Å². The Bertz CT molecular complexity index is 1610. The first-order valence-electron chi connectivity index (χ1n) is 14.8. The quantitative estimate of drug-likeness (QED) is 0.277. The molecule has 2 unspecified atom stereocenters. The highest BCUT2D eigenvalue weighted by atomic mass is 35.5. The number of aliphatic hydroxyl groups excluding tert-OH is 1. The van der Waals surface area contributed by atoms with E-state index in [1.54, 1.807) is 23.1 Å². The van der Waals surface area contributed by atoms with Gasteiger partial charge in [0.25, 0.3) is 11.8 Å². The molecule has 5 heterocycles. The number of pyridine rings is 1. The maximum Gasteiger partial charge on any atom is 0.451 e. The number of rotatable bonds is 7. The standard InChI is InChI=1S/C29H31ClF5N9O2/c30-19-2-3-20-18(1-4-22(39-20)44-9-5-16(6-10-44)24-40-27(46)42-41-24)23(19)25(45)36-15-21(43-11-7-28(31,32)8-12-43)17-13-37-26(38-14-17)29(33,34)35/h1-4,13-14,16,21,27,42,46H,5-12,15H2,(H,36,45)(H,40,41). The number of aliphatic imine (C=N–C) groups is 1. The van der Waals surface area contributed by atoms with Gasteiger partial charge in [0.05, 0.1) is 22.1 Å². The minimum Gasteiger partial charge on any atom is -0.358 e. The predicted octanol–water partition coefficient (Wildman–Crippen LogP) is 3.90. The van der Waals surface area contributed by atoms with Crippen molar-refractivity contribution >= 4 is 40.1 Å². The molecule has 0 saturated carbocycles. The fraction of sp³-hybridized carbons (Fsp3) is 0.483. The molecule has 2 fully saturated rings. The van der Waals surface area contributed by atoms with Crippen LogP contribution in [0.1, 0.15) is 53.5 Å². The first-order chi connectivity index (χ1) is 21.9. The number of alkyl halides is 5. The molecule has 1 aromatic carbocycles. The van der Waals surface area contributed by atoms with Gasteiger partial charge in [0.1, 0.15) is 11.7 Å². The molecule has 3 aromatic rings. The Hall–Kier alpha value is -3.73. The Kier molecular flexibility index (Phi) is 8.98. The molecule has 1 amide bonds. The van der Waals surface area contributed by atoms with Crippen LogP contribution in [0.2, 0.25) is 5.02 Å². The Balaban J connectivity index is 1.18. The van der Waals surface area contributed by atoms with Gasteiger partial charge in [0, 0.05) is 74.8 Å². The number of halogens is 6. The third-order valence-corrected chi connectivity index (χ3v) is 8.88. The van der Waals surface area contributed by atoms with E-state index in [9.17, 15) is 31.9 Å². The van der Waals surface area contributed by atoms with Gasteiger partial charge < -0.3 is 20.7 Å². The summed E-state index contributed by atoms with van der Waals surface area (Å²) in [5.74, 6) is -3.08. The second-order valence-electron chi connectivity index (χ2n) is 11.5. The molecule has 3 aliphatic heterocycles. The number of carbonyl (C=O) groups excluding carboxylic acids is 1. The monoisotopic (exact) mass is 667 g/mol. The highest BCUT2D eigenvalue weighted by Gasteiger charge is 2.38. The molecule has 4 N–H and O–H groups in total. The molecule has 11 nitrogen and oxygen atoms in total. The lowest BCUT2D eigenvalue weighted by Crippen LogP contribution is -2.45. The Morgan fingerprint density at radius 2 is 1.78 bits per heavy atom. The summed E-state index contributed by atoms with van der Waals surface area (Å²) in [7, 11) is 0. The topological polar surface area (TPSA) is 131 Å². The summed E-state index contributed by atoms with van der Waals surface area (Å²) < 4.78 is 67.0. The molecule has 17 heteroatoms. The normalized spacial score (nSPS) is 21.6. The molecule has 0 radical (unpaired) electrons. The smallest absolute Gasteiger partial charge is 0.358 e. The van der Waals surface area contributed by atoms with Gasteiger partial charge in [-0.15, -0.1) is 0 Å². The number of hydrazine groups is 1. The van der Waals surface area contributed by atoms with Gasteiger partial charge in [-0.1, -0.05) is 11.6 Å². The average molecular weight is 668 g/mol. The number of hydrogen-bond donors (Lipinski definition) is 4. The van der Waals surface area contributed by atoms with Crippen LogP contribution in [-0.2, 0) is 6.18 Å². The number of likely N-dealkylation sites (tertiary alicyclic amines) is 1. The molecular formula is C29H31ClF5N9O2. The van der Waals surface area contributed by atoms with Crippen LogP contribution in [0.3, 0.4) is 0 Å². The van der Waals surface area contributed by atoms with Gasteiger partial charge in [-0.2, -0.15) is 18.6 Å². The Morgan fingerprint density at radius 1 is 1.09 bits per heavy atom. The average Bonchev–Trinajstić information content (AvgIpc) is 3.47. The van der Waals surface area contributed by atoms with E-state index in [1.165, 1.54) is 0 Å². The lowest BCUT2D eigenvalue weighted by atomic mass is 9.95. The fourth-order valence-electron chi connectivity index (χ4n) is 6.05. The maximum absolute atomic E-state index is 13.9. The number of fused-ring (bicyclic) bond motifs is 1. The van der Waals surface area contributed by atoms with Crippen LogP contribution in [0.5, 0.6) is 0 Å². The number of piperidine rings is 2. The van der Waals surface area contributed by atoms with Crippen LogP contribution in [0.25, 0.3) is 10.9 Å². The summed E-state index contributed by atoms with van der Waals surface area (Å²) >= 11 is 6.49. The van der Waals surface area contributed by atoms with E-state index >= 15 is 0 Å². The van der Waals surface area contributed by atoms with Gasteiger partial charge in [-0.05, 0) is 37.1 Å². The number of nitrogens with zero attached hydrogens (tertiary/aromatic N) is 6. The molecule has 0 aliphatic carbocycles. The molecule has 246 valence electrons. The van der Waals surface area contributed by atoms with E-state index in [1.807, 2.05) is 6.07 Å². The molecule has 2 saturated heterocycles. The van der Waals surface area contributed by atoms with Crippen LogP contribution in [0, 0.1) is 5.92 Å². The van der Waals surface area contributed by atoms with Crippen LogP contribution >= 0.6 is 11.6 Å². The number of hydrogen-bond acceptors (Lipinski definition) is 10. The number of nitrogens with one attached hydrogen (secondary N) is 3. The summed E-state index contributed by atoms with van der Waals surface area (Å²) in [6, 6.07) is 6.10. The second kappa shape index (κ2) is 12.8. The van der Waals surface area contributed by atoms with E-state index in [0.717, 1.165) is 36.9 Å². The molecule has 2 atom stereocenters. The molecule has 0 spiro atoms. The van der Waals surface area contributed by atoms with Crippen molar-refractivity contribution in [1.82, 2.24) is 36.0 Å². The summed E-state index contributed by atoms with van der Waals surface area (Å²) in [6.07, 6.45) is -2.92. The van der Waals surface area contributed by atoms with Crippen LogP contribution in [-0.4, -0.2) is 81.7 Å². The Labute approximate surface area is 265 Å². The maximum atomic E-state index is 13.9. The largest absolute Gasteiger partial charge is 0.451 e. The molecular weight excluding hydrogens is 637 g/mol. The van der Waals surface area contributed by atoms with E-state index in [0.29, 0.717) is 24.0 Å². The molecule has 46 heavy (non-hydrogen) atoms. The van der Waals surface area contributed by atoms with Crippen molar-refractivity contribution in [3.63, 3.8) is 0 Å². The van der Waals surface area contributed by atoms with E-state index < -0.39 is 49.1 Å². The van der Waals surface area contributed by atoms with Crippen molar-refractivity contribution < 1.29 is 31.9 Å². The second-order valence-corrected chi connectivity index (χ2v) is 11.9. The SMILES string of the molecule is O=C(NCC(c1cnc(C(F)(F)F)nc1)N1CCC(F)(F)CC1)c1c(Cl)ccc2nc(N3CCC(C4=NC(O)NN4)CC3)ccc12. The number of aliphatic hydroxyl groups is 1. The van der Waals surface area contributed by atoms with Gasteiger partial charge in [-0.25, -0.2) is 28.7 Å². The number of amidine groups is 1. The number of carbonyl (C=O) groups is 1.